The van der Waals surface area contributed by atoms with Gasteiger partial charge in [0, 0.05) is 18.3 Å². The smallest absolute Gasteiger partial charge is 0.292 e. The number of hydrogen-bond acceptors (Lipinski definition) is 4. The van der Waals surface area contributed by atoms with E-state index in [1.54, 1.807) is 23.1 Å². The highest BCUT2D eigenvalue weighted by Gasteiger charge is 2.19. The van der Waals surface area contributed by atoms with Crippen molar-refractivity contribution in [3.05, 3.63) is 64.7 Å². The van der Waals surface area contributed by atoms with Crippen LogP contribution in [-0.4, -0.2) is 23.2 Å². The maximum atomic E-state index is 11.1. The summed E-state index contributed by atoms with van der Waals surface area (Å²) in [5.74, 6) is 0. The Labute approximate surface area is 110 Å². The van der Waals surface area contributed by atoms with Crippen molar-refractivity contribution in [2.24, 2.45) is 0 Å². The Morgan fingerprint density at radius 2 is 1.68 bits per heavy atom. The van der Waals surface area contributed by atoms with Crippen molar-refractivity contribution in [3.63, 3.8) is 0 Å². The van der Waals surface area contributed by atoms with Gasteiger partial charge in [-0.15, -0.1) is 0 Å². The summed E-state index contributed by atoms with van der Waals surface area (Å²) in [6, 6.07) is 15.8. The van der Waals surface area contributed by atoms with Crippen LogP contribution in [-0.2, 0) is 0 Å². The van der Waals surface area contributed by atoms with Gasteiger partial charge in [-0.25, -0.2) is 0 Å². The Morgan fingerprint density at radius 3 is 2.32 bits per heavy atom. The average Bonchev–Trinajstić information content (AvgIpc) is 2.45. The van der Waals surface area contributed by atoms with Gasteiger partial charge in [0.15, 0.2) is 0 Å². The van der Waals surface area contributed by atoms with Crippen LogP contribution in [0.4, 0.5) is 17.1 Å². The molecule has 0 spiro atoms. The molecule has 5 nitrogen and oxygen atoms in total. The van der Waals surface area contributed by atoms with E-state index in [4.69, 9.17) is 0 Å². The minimum absolute atomic E-state index is 0.0276. The van der Waals surface area contributed by atoms with Crippen LogP contribution < -0.4 is 4.90 Å². The Hall–Kier alpha value is -2.40. The largest absolute Gasteiger partial charge is 0.395 e. The molecular weight excluding hydrogens is 244 g/mol. The zero-order chi connectivity index (χ0) is 13.7. The summed E-state index contributed by atoms with van der Waals surface area (Å²) in [5, 5.41) is 20.3. The maximum Gasteiger partial charge on any atom is 0.292 e. The van der Waals surface area contributed by atoms with Gasteiger partial charge in [-0.3, -0.25) is 10.1 Å². The molecular formula is C14H14N2O3. The van der Waals surface area contributed by atoms with Gasteiger partial charge in [0.05, 0.1) is 11.5 Å². The van der Waals surface area contributed by atoms with Crippen LogP contribution in [0, 0.1) is 10.1 Å². The Kier molecular flexibility index (Phi) is 4.10. The number of nitrogens with zero attached hydrogens (tertiary/aromatic N) is 2. The highest BCUT2D eigenvalue weighted by Crippen LogP contribution is 2.32. The van der Waals surface area contributed by atoms with Crippen molar-refractivity contribution >= 4 is 17.1 Å². The van der Waals surface area contributed by atoms with E-state index in [1.807, 2.05) is 30.3 Å². The molecule has 0 aliphatic carbocycles. The second kappa shape index (κ2) is 5.97. The van der Waals surface area contributed by atoms with E-state index in [9.17, 15) is 15.2 Å². The first-order chi connectivity index (χ1) is 9.24. The molecule has 0 atom stereocenters. The van der Waals surface area contributed by atoms with E-state index in [1.165, 1.54) is 6.07 Å². The number of rotatable bonds is 5. The zero-order valence-electron chi connectivity index (χ0n) is 10.3. The second-order valence-electron chi connectivity index (χ2n) is 3.96. The monoisotopic (exact) mass is 258 g/mol. The number of nitro benzene ring substituents is 1. The molecule has 5 heteroatoms. The topological polar surface area (TPSA) is 66.6 Å². The average molecular weight is 258 g/mol. The normalized spacial score (nSPS) is 10.2. The fourth-order valence-corrected chi connectivity index (χ4v) is 1.94. The van der Waals surface area contributed by atoms with Crippen LogP contribution >= 0.6 is 0 Å². The number of nitro groups is 1. The summed E-state index contributed by atoms with van der Waals surface area (Å²) < 4.78 is 0. The molecule has 0 amide bonds. The summed E-state index contributed by atoms with van der Waals surface area (Å²) in [7, 11) is 0. The molecule has 0 radical (unpaired) electrons. The van der Waals surface area contributed by atoms with Crippen LogP contribution in [0.3, 0.4) is 0 Å². The van der Waals surface area contributed by atoms with Crippen molar-refractivity contribution in [2.75, 3.05) is 18.1 Å². The number of anilines is 2. The quantitative estimate of drug-likeness (QED) is 0.661. The molecule has 19 heavy (non-hydrogen) atoms. The van der Waals surface area contributed by atoms with Crippen molar-refractivity contribution < 1.29 is 10.0 Å². The molecule has 0 bridgehead atoms. The van der Waals surface area contributed by atoms with Gasteiger partial charge in [-0.05, 0) is 18.2 Å². The van der Waals surface area contributed by atoms with Crippen molar-refractivity contribution in [3.8, 4) is 0 Å². The van der Waals surface area contributed by atoms with E-state index >= 15 is 0 Å². The minimum atomic E-state index is -0.414. The molecule has 2 aromatic rings. The lowest BCUT2D eigenvalue weighted by atomic mass is 10.2. The van der Waals surface area contributed by atoms with Gasteiger partial charge in [0.2, 0.25) is 0 Å². The fraction of sp³-hybridized carbons (Fsp3) is 0.143. The third kappa shape index (κ3) is 2.89. The number of para-hydroxylation sites is 3. The summed E-state index contributed by atoms with van der Waals surface area (Å²) in [5.41, 5.74) is 1.32. The third-order valence-corrected chi connectivity index (χ3v) is 2.76. The molecule has 0 aromatic heterocycles. The Morgan fingerprint density at radius 1 is 1.05 bits per heavy atom. The third-order valence-electron chi connectivity index (χ3n) is 2.76. The van der Waals surface area contributed by atoms with Crippen LogP contribution in [0.2, 0.25) is 0 Å². The van der Waals surface area contributed by atoms with Gasteiger partial charge in [0.1, 0.15) is 5.69 Å². The minimum Gasteiger partial charge on any atom is -0.395 e. The second-order valence-corrected chi connectivity index (χ2v) is 3.96. The van der Waals surface area contributed by atoms with E-state index in [-0.39, 0.29) is 12.3 Å². The van der Waals surface area contributed by atoms with E-state index in [0.717, 1.165) is 5.69 Å². The van der Waals surface area contributed by atoms with Gasteiger partial charge < -0.3 is 10.0 Å². The van der Waals surface area contributed by atoms with Crippen molar-refractivity contribution in [1.82, 2.24) is 0 Å². The Bertz CT molecular complexity index is 558. The molecule has 0 aliphatic rings. The standard InChI is InChI=1S/C14H14N2O3/c17-11-10-15(12-6-2-1-3-7-12)13-8-4-5-9-14(13)16(18)19/h1-9,17H,10-11H2. The summed E-state index contributed by atoms with van der Waals surface area (Å²) in [4.78, 5) is 12.4. The van der Waals surface area contributed by atoms with E-state index in [2.05, 4.69) is 0 Å². The number of aliphatic hydroxyl groups is 1. The molecule has 0 fully saturated rings. The maximum absolute atomic E-state index is 11.1. The first-order valence-corrected chi connectivity index (χ1v) is 5.91. The number of hydrogen-bond donors (Lipinski definition) is 1. The van der Waals surface area contributed by atoms with Crippen LogP contribution in [0.1, 0.15) is 0 Å². The first kappa shape index (κ1) is 13.0. The van der Waals surface area contributed by atoms with Gasteiger partial charge in [-0.2, -0.15) is 0 Å². The van der Waals surface area contributed by atoms with E-state index in [0.29, 0.717) is 12.2 Å². The van der Waals surface area contributed by atoms with Crippen LogP contribution in [0.25, 0.3) is 0 Å². The SMILES string of the molecule is O=[N+]([O-])c1ccccc1N(CCO)c1ccccc1. The van der Waals surface area contributed by atoms with Crippen molar-refractivity contribution in [2.45, 2.75) is 0 Å². The van der Waals surface area contributed by atoms with Crippen LogP contribution in [0.15, 0.2) is 54.6 Å². The lowest BCUT2D eigenvalue weighted by Gasteiger charge is -2.23. The molecule has 2 aromatic carbocycles. The molecule has 0 heterocycles. The molecule has 1 N–H and O–H groups in total. The number of aliphatic hydroxyl groups excluding tert-OH is 1. The lowest BCUT2D eigenvalue weighted by Crippen LogP contribution is -2.21. The predicted octanol–water partition coefficient (Wildman–Crippen LogP) is 2.73. The fourth-order valence-electron chi connectivity index (χ4n) is 1.94. The summed E-state index contributed by atoms with van der Waals surface area (Å²) in [6.07, 6.45) is 0. The van der Waals surface area contributed by atoms with Gasteiger partial charge in [-0.1, -0.05) is 30.3 Å². The van der Waals surface area contributed by atoms with E-state index < -0.39 is 4.92 Å². The highest BCUT2D eigenvalue weighted by molar-refractivity contribution is 5.71. The molecule has 0 saturated carbocycles. The summed E-state index contributed by atoms with van der Waals surface area (Å²) >= 11 is 0. The Balaban J connectivity index is 2.48. The van der Waals surface area contributed by atoms with Crippen molar-refractivity contribution in [1.29, 1.82) is 0 Å². The molecule has 0 aliphatic heterocycles. The summed E-state index contributed by atoms with van der Waals surface area (Å²) in [6.45, 7) is 0.218. The number of benzene rings is 2. The zero-order valence-corrected chi connectivity index (χ0v) is 10.3. The van der Waals surface area contributed by atoms with Crippen LogP contribution in [0.5, 0.6) is 0 Å². The molecule has 0 unspecified atom stereocenters. The molecule has 2 rings (SSSR count). The predicted molar refractivity (Wildman–Crippen MR) is 73.6 cm³/mol. The first-order valence-electron chi connectivity index (χ1n) is 5.91. The van der Waals surface area contributed by atoms with Gasteiger partial charge in [0.25, 0.3) is 5.69 Å². The van der Waals surface area contributed by atoms with Gasteiger partial charge >= 0.3 is 0 Å². The molecule has 98 valence electrons. The highest BCUT2D eigenvalue weighted by atomic mass is 16.6. The molecule has 0 saturated heterocycles. The lowest BCUT2D eigenvalue weighted by molar-refractivity contribution is -0.384.